The zero-order valence-electron chi connectivity index (χ0n) is 13.7. The standard InChI is InChI=1S/C16H33NO2.BrH/c1-4-5-6-7-8-9-10-11-12-13-14-15-17(2,3)16(18)19;/h4-15H2,1-3H3;1H. The fourth-order valence-electron chi connectivity index (χ4n) is 2.27. The van der Waals surface area contributed by atoms with Gasteiger partial charge in [0, 0.05) is 0 Å². The highest BCUT2D eigenvalue weighted by molar-refractivity contribution is 5.56. The van der Waals surface area contributed by atoms with Crippen LogP contribution in [0.3, 0.4) is 0 Å². The Morgan fingerprint density at radius 3 is 1.50 bits per heavy atom. The van der Waals surface area contributed by atoms with Crippen molar-refractivity contribution in [2.24, 2.45) is 0 Å². The molecule has 0 aliphatic rings. The van der Waals surface area contributed by atoms with Crippen molar-refractivity contribution in [1.29, 1.82) is 0 Å². The molecule has 0 fully saturated rings. The number of halogens is 1. The van der Waals surface area contributed by atoms with Gasteiger partial charge in [-0.3, -0.25) is 0 Å². The molecule has 0 radical (unpaired) electrons. The number of carbonyl (C=O) groups is 1. The minimum atomic E-state index is -0.730. The molecule has 0 aromatic rings. The van der Waals surface area contributed by atoms with Crippen LogP contribution in [-0.2, 0) is 0 Å². The maximum absolute atomic E-state index is 10.9. The lowest BCUT2D eigenvalue weighted by atomic mass is 10.1. The maximum atomic E-state index is 10.9. The predicted octanol–water partition coefficient (Wildman–Crippen LogP) is 2.06. The minimum Gasteiger partial charge on any atom is -1.00 e. The molecular formula is C16H34BrNO2. The largest absolute Gasteiger partial charge is 1.00 e. The van der Waals surface area contributed by atoms with Gasteiger partial charge in [0.1, 0.15) is 0 Å². The minimum absolute atomic E-state index is 0. The van der Waals surface area contributed by atoms with E-state index in [9.17, 15) is 4.79 Å². The van der Waals surface area contributed by atoms with Crippen molar-refractivity contribution in [2.45, 2.75) is 77.6 Å². The molecule has 122 valence electrons. The number of unbranched alkanes of at least 4 members (excludes halogenated alkanes) is 10. The highest BCUT2D eigenvalue weighted by Crippen LogP contribution is 2.12. The first-order valence-electron chi connectivity index (χ1n) is 8.07. The van der Waals surface area contributed by atoms with Crippen molar-refractivity contribution in [3.8, 4) is 0 Å². The number of rotatable bonds is 12. The van der Waals surface area contributed by atoms with Crippen LogP contribution in [0.25, 0.3) is 0 Å². The van der Waals surface area contributed by atoms with Gasteiger partial charge in [0.25, 0.3) is 0 Å². The molecule has 1 amide bonds. The molecule has 0 bridgehead atoms. The van der Waals surface area contributed by atoms with Gasteiger partial charge in [-0.1, -0.05) is 64.7 Å². The van der Waals surface area contributed by atoms with Crippen molar-refractivity contribution in [3.63, 3.8) is 0 Å². The van der Waals surface area contributed by atoms with E-state index >= 15 is 0 Å². The molecule has 3 nitrogen and oxygen atoms in total. The SMILES string of the molecule is CCCCCCCCCCCCC[N+](C)(C)C(=O)O.[Br-]. The van der Waals surface area contributed by atoms with Crippen LogP contribution >= 0.6 is 0 Å². The number of hydrogen-bond acceptors (Lipinski definition) is 1. The summed E-state index contributed by atoms with van der Waals surface area (Å²) in [6.07, 6.45) is 13.7. The Hall–Kier alpha value is -0.0900. The van der Waals surface area contributed by atoms with Crippen molar-refractivity contribution in [3.05, 3.63) is 0 Å². The monoisotopic (exact) mass is 351 g/mol. The van der Waals surface area contributed by atoms with E-state index in [-0.39, 0.29) is 21.5 Å². The summed E-state index contributed by atoms with van der Waals surface area (Å²) in [6, 6.07) is 0. The fourth-order valence-corrected chi connectivity index (χ4v) is 2.27. The summed E-state index contributed by atoms with van der Waals surface area (Å²) in [5, 5.41) is 8.97. The summed E-state index contributed by atoms with van der Waals surface area (Å²) in [5.74, 6) is 0. The Morgan fingerprint density at radius 2 is 1.15 bits per heavy atom. The second-order valence-corrected chi connectivity index (χ2v) is 6.23. The smallest absolute Gasteiger partial charge is 0.513 e. The van der Waals surface area contributed by atoms with Crippen molar-refractivity contribution < 1.29 is 31.4 Å². The third-order valence-electron chi connectivity index (χ3n) is 3.84. The lowest BCUT2D eigenvalue weighted by Gasteiger charge is -2.22. The normalized spacial score (nSPS) is 11.2. The molecule has 0 aromatic carbocycles. The van der Waals surface area contributed by atoms with Gasteiger partial charge in [0.05, 0.1) is 20.6 Å². The lowest BCUT2D eigenvalue weighted by Crippen LogP contribution is -3.00. The lowest BCUT2D eigenvalue weighted by molar-refractivity contribution is -0.816. The van der Waals surface area contributed by atoms with Crippen molar-refractivity contribution >= 4 is 6.09 Å². The van der Waals surface area contributed by atoms with Crippen LogP contribution in [0, 0.1) is 0 Å². The molecular weight excluding hydrogens is 318 g/mol. The number of carboxylic acid groups (broad SMARTS) is 1. The fraction of sp³-hybridized carbons (Fsp3) is 0.938. The molecule has 0 saturated carbocycles. The molecule has 0 rings (SSSR count). The van der Waals surface area contributed by atoms with Crippen LogP contribution in [0.15, 0.2) is 0 Å². The van der Waals surface area contributed by atoms with Gasteiger partial charge >= 0.3 is 6.09 Å². The van der Waals surface area contributed by atoms with Gasteiger partial charge in [0.15, 0.2) is 0 Å². The van der Waals surface area contributed by atoms with E-state index in [1.54, 1.807) is 14.1 Å². The van der Waals surface area contributed by atoms with Gasteiger partial charge < -0.3 is 22.1 Å². The van der Waals surface area contributed by atoms with E-state index in [1.165, 1.54) is 64.2 Å². The van der Waals surface area contributed by atoms with E-state index < -0.39 is 6.09 Å². The van der Waals surface area contributed by atoms with Gasteiger partial charge in [0.2, 0.25) is 0 Å². The molecule has 0 saturated heterocycles. The quantitative estimate of drug-likeness (QED) is 0.431. The summed E-state index contributed by atoms with van der Waals surface area (Å²) in [4.78, 5) is 10.9. The van der Waals surface area contributed by atoms with Gasteiger partial charge in [-0.2, -0.15) is 4.79 Å². The first-order chi connectivity index (χ1) is 9.00. The highest BCUT2D eigenvalue weighted by Gasteiger charge is 2.24. The van der Waals surface area contributed by atoms with E-state index in [2.05, 4.69) is 6.92 Å². The van der Waals surface area contributed by atoms with Crippen LogP contribution in [-0.4, -0.2) is 36.3 Å². The molecule has 4 heteroatoms. The predicted molar refractivity (Wildman–Crippen MR) is 81.5 cm³/mol. The van der Waals surface area contributed by atoms with E-state index in [0.29, 0.717) is 0 Å². The Kier molecular flexibility index (Phi) is 15.4. The average molecular weight is 352 g/mol. The Balaban J connectivity index is 0. The van der Waals surface area contributed by atoms with E-state index in [0.717, 1.165) is 13.0 Å². The summed E-state index contributed by atoms with van der Waals surface area (Å²) in [5.41, 5.74) is 0. The van der Waals surface area contributed by atoms with Crippen LogP contribution in [0.4, 0.5) is 4.79 Å². The molecule has 0 aromatic heterocycles. The van der Waals surface area contributed by atoms with Crippen LogP contribution in [0.5, 0.6) is 0 Å². The summed E-state index contributed by atoms with van der Waals surface area (Å²) in [7, 11) is 3.53. The van der Waals surface area contributed by atoms with Crippen LogP contribution in [0.2, 0.25) is 0 Å². The van der Waals surface area contributed by atoms with Crippen molar-refractivity contribution in [1.82, 2.24) is 0 Å². The second kappa shape index (κ2) is 13.9. The van der Waals surface area contributed by atoms with Crippen LogP contribution < -0.4 is 17.0 Å². The maximum Gasteiger partial charge on any atom is 0.513 e. The second-order valence-electron chi connectivity index (χ2n) is 6.23. The molecule has 0 aliphatic carbocycles. The van der Waals surface area contributed by atoms with Gasteiger partial charge in [-0.15, -0.1) is 0 Å². The van der Waals surface area contributed by atoms with E-state index in [1.807, 2.05) is 0 Å². The molecule has 0 heterocycles. The van der Waals surface area contributed by atoms with Gasteiger partial charge in [-0.25, -0.2) is 4.48 Å². The summed E-state index contributed by atoms with van der Waals surface area (Å²) in [6.45, 7) is 3.00. The third-order valence-corrected chi connectivity index (χ3v) is 3.84. The molecule has 0 unspecified atom stereocenters. The Bertz CT molecular complexity index is 233. The molecule has 0 atom stereocenters. The van der Waals surface area contributed by atoms with E-state index in [4.69, 9.17) is 5.11 Å². The average Bonchev–Trinajstić information content (AvgIpc) is 2.35. The zero-order chi connectivity index (χ0) is 14.6. The molecule has 1 N–H and O–H groups in total. The molecule has 0 spiro atoms. The molecule has 0 aliphatic heterocycles. The first kappa shape index (κ1) is 22.2. The number of hydrogen-bond donors (Lipinski definition) is 1. The van der Waals surface area contributed by atoms with Gasteiger partial charge in [-0.05, 0) is 12.8 Å². The summed E-state index contributed by atoms with van der Waals surface area (Å²) >= 11 is 0. The topological polar surface area (TPSA) is 37.3 Å². The number of quaternary nitrogens is 1. The van der Waals surface area contributed by atoms with Crippen LogP contribution in [0.1, 0.15) is 77.6 Å². The highest BCUT2D eigenvalue weighted by atomic mass is 79.9. The first-order valence-corrected chi connectivity index (χ1v) is 8.07. The third kappa shape index (κ3) is 12.9. The van der Waals surface area contributed by atoms with Crippen molar-refractivity contribution in [2.75, 3.05) is 20.6 Å². The number of nitrogens with zero attached hydrogens (tertiary/aromatic N) is 1. The Morgan fingerprint density at radius 1 is 0.800 bits per heavy atom. The summed E-state index contributed by atoms with van der Waals surface area (Å²) < 4.78 is 0.0947. The molecule has 20 heavy (non-hydrogen) atoms. The number of amides is 1. The zero-order valence-corrected chi connectivity index (χ0v) is 15.3. The Labute approximate surface area is 136 Å².